The van der Waals surface area contributed by atoms with Gasteiger partial charge in [-0.3, -0.25) is 0 Å². The molecule has 0 aliphatic heterocycles. The van der Waals surface area contributed by atoms with Crippen molar-refractivity contribution in [2.75, 3.05) is 0 Å². The Bertz CT molecular complexity index is 168. The Morgan fingerprint density at radius 1 is 1.38 bits per heavy atom. The monoisotopic (exact) mass is 182 g/mol. The van der Waals surface area contributed by atoms with E-state index in [1.165, 1.54) is 0 Å². The van der Waals surface area contributed by atoms with Gasteiger partial charge in [-0.2, -0.15) is 0 Å². The van der Waals surface area contributed by atoms with Gasteiger partial charge in [-0.15, -0.1) is 0 Å². The fourth-order valence-electron chi connectivity index (χ4n) is 1.33. The van der Waals surface area contributed by atoms with Crippen LogP contribution in [-0.4, -0.2) is 5.78 Å². The van der Waals surface area contributed by atoms with E-state index in [1.54, 1.807) is 6.92 Å². The molecule has 0 radical (unpaired) electrons. The van der Waals surface area contributed by atoms with Crippen molar-refractivity contribution in [3.8, 4) is 0 Å². The second kappa shape index (κ2) is 6.88. The standard InChI is InChI=1S/C12H22O/c1-5-6-7-12(10(2)3)9-8-11(4)13/h6-7,10,12H,5,8-9H2,1-4H3/b7-6-. The molecular weight excluding hydrogens is 160 g/mol. The van der Waals surface area contributed by atoms with E-state index in [1.807, 2.05) is 0 Å². The molecule has 1 unspecified atom stereocenters. The van der Waals surface area contributed by atoms with Crippen molar-refractivity contribution in [3.63, 3.8) is 0 Å². The molecule has 0 rings (SSSR count). The van der Waals surface area contributed by atoms with Crippen LogP contribution in [0.3, 0.4) is 0 Å². The third kappa shape index (κ3) is 6.56. The third-order valence-electron chi connectivity index (χ3n) is 2.31. The quantitative estimate of drug-likeness (QED) is 0.574. The van der Waals surface area contributed by atoms with Crippen molar-refractivity contribution in [2.45, 2.75) is 47.0 Å². The second-order valence-electron chi connectivity index (χ2n) is 3.98. The zero-order valence-electron chi connectivity index (χ0n) is 9.34. The zero-order valence-corrected chi connectivity index (χ0v) is 9.34. The fourth-order valence-corrected chi connectivity index (χ4v) is 1.33. The minimum Gasteiger partial charge on any atom is -0.300 e. The van der Waals surface area contributed by atoms with Gasteiger partial charge in [-0.25, -0.2) is 0 Å². The Morgan fingerprint density at radius 3 is 2.38 bits per heavy atom. The predicted molar refractivity (Wildman–Crippen MR) is 57.7 cm³/mol. The summed E-state index contributed by atoms with van der Waals surface area (Å²) >= 11 is 0. The first-order valence-electron chi connectivity index (χ1n) is 5.24. The summed E-state index contributed by atoms with van der Waals surface area (Å²) in [5.41, 5.74) is 0. The Balaban J connectivity index is 3.95. The van der Waals surface area contributed by atoms with Gasteiger partial charge in [0.1, 0.15) is 5.78 Å². The van der Waals surface area contributed by atoms with Crippen molar-refractivity contribution in [1.29, 1.82) is 0 Å². The van der Waals surface area contributed by atoms with E-state index in [-0.39, 0.29) is 0 Å². The maximum absolute atomic E-state index is 10.8. The van der Waals surface area contributed by atoms with E-state index < -0.39 is 0 Å². The zero-order chi connectivity index (χ0) is 10.3. The SMILES string of the molecule is CC/C=C\C(CCC(C)=O)C(C)C. The minimum atomic E-state index is 0.301. The molecule has 13 heavy (non-hydrogen) atoms. The molecule has 0 aromatic heterocycles. The lowest BCUT2D eigenvalue weighted by Gasteiger charge is -2.15. The highest BCUT2D eigenvalue weighted by Gasteiger charge is 2.09. The molecular formula is C12H22O. The summed E-state index contributed by atoms with van der Waals surface area (Å²) in [6.07, 6.45) is 7.27. The summed E-state index contributed by atoms with van der Waals surface area (Å²) in [6, 6.07) is 0. The van der Waals surface area contributed by atoms with Crippen LogP contribution in [0.4, 0.5) is 0 Å². The van der Waals surface area contributed by atoms with Crippen LogP contribution in [0.15, 0.2) is 12.2 Å². The summed E-state index contributed by atoms with van der Waals surface area (Å²) < 4.78 is 0. The van der Waals surface area contributed by atoms with Gasteiger partial charge in [0.25, 0.3) is 0 Å². The van der Waals surface area contributed by atoms with Gasteiger partial charge in [0.2, 0.25) is 0 Å². The molecule has 0 aromatic rings. The number of hydrogen-bond acceptors (Lipinski definition) is 1. The largest absolute Gasteiger partial charge is 0.300 e. The van der Waals surface area contributed by atoms with Crippen molar-refractivity contribution in [1.82, 2.24) is 0 Å². The summed E-state index contributed by atoms with van der Waals surface area (Å²) in [5, 5.41) is 0. The van der Waals surface area contributed by atoms with E-state index >= 15 is 0 Å². The topological polar surface area (TPSA) is 17.1 Å². The molecule has 0 aromatic carbocycles. The highest BCUT2D eigenvalue weighted by atomic mass is 16.1. The lowest BCUT2D eigenvalue weighted by atomic mass is 9.90. The van der Waals surface area contributed by atoms with E-state index in [2.05, 4.69) is 32.9 Å². The van der Waals surface area contributed by atoms with Crippen molar-refractivity contribution < 1.29 is 4.79 Å². The lowest BCUT2D eigenvalue weighted by Crippen LogP contribution is -2.07. The molecule has 0 spiro atoms. The highest BCUT2D eigenvalue weighted by Crippen LogP contribution is 2.18. The molecule has 76 valence electrons. The number of Topliss-reactive ketones (excluding diaryl/α,β-unsaturated/α-hetero) is 1. The molecule has 0 fully saturated rings. The van der Waals surface area contributed by atoms with Crippen LogP contribution < -0.4 is 0 Å². The molecule has 0 saturated carbocycles. The number of carbonyl (C=O) groups excluding carboxylic acids is 1. The van der Waals surface area contributed by atoms with Crippen molar-refractivity contribution in [2.24, 2.45) is 11.8 Å². The van der Waals surface area contributed by atoms with Crippen LogP contribution in [0, 0.1) is 11.8 Å². The number of hydrogen-bond donors (Lipinski definition) is 0. The Labute approximate surface area is 82.2 Å². The second-order valence-corrected chi connectivity index (χ2v) is 3.98. The van der Waals surface area contributed by atoms with Gasteiger partial charge in [-0.1, -0.05) is 32.9 Å². The smallest absolute Gasteiger partial charge is 0.129 e. The number of allylic oxidation sites excluding steroid dienone is 2. The van der Waals surface area contributed by atoms with E-state index in [4.69, 9.17) is 0 Å². The Hall–Kier alpha value is -0.590. The van der Waals surface area contributed by atoms with Crippen LogP contribution >= 0.6 is 0 Å². The van der Waals surface area contributed by atoms with Crippen molar-refractivity contribution >= 4 is 5.78 Å². The Kier molecular flexibility index (Phi) is 6.56. The van der Waals surface area contributed by atoms with Crippen LogP contribution in [0.1, 0.15) is 47.0 Å². The van der Waals surface area contributed by atoms with Gasteiger partial charge in [-0.05, 0) is 31.6 Å². The normalized spacial score (nSPS) is 13.9. The molecule has 0 saturated heterocycles. The maximum atomic E-state index is 10.8. The predicted octanol–water partition coefficient (Wildman–Crippen LogP) is 3.59. The van der Waals surface area contributed by atoms with Gasteiger partial charge >= 0.3 is 0 Å². The van der Waals surface area contributed by atoms with E-state index in [0.717, 1.165) is 19.3 Å². The molecule has 0 amide bonds. The van der Waals surface area contributed by atoms with Crippen LogP contribution in [0.25, 0.3) is 0 Å². The lowest BCUT2D eigenvalue weighted by molar-refractivity contribution is -0.117. The molecule has 1 nitrogen and oxygen atoms in total. The first-order valence-corrected chi connectivity index (χ1v) is 5.24. The summed E-state index contributed by atoms with van der Waals surface area (Å²) in [6.45, 7) is 8.23. The van der Waals surface area contributed by atoms with Gasteiger partial charge < -0.3 is 4.79 Å². The fraction of sp³-hybridized carbons (Fsp3) is 0.750. The molecule has 1 atom stereocenters. The number of ketones is 1. The van der Waals surface area contributed by atoms with E-state index in [9.17, 15) is 4.79 Å². The third-order valence-corrected chi connectivity index (χ3v) is 2.31. The van der Waals surface area contributed by atoms with Crippen LogP contribution in [0.5, 0.6) is 0 Å². The molecule has 0 heterocycles. The highest BCUT2D eigenvalue weighted by molar-refractivity contribution is 5.75. The summed E-state index contributed by atoms with van der Waals surface area (Å²) in [4.78, 5) is 10.8. The first kappa shape index (κ1) is 12.4. The van der Waals surface area contributed by atoms with Gasteiger partial charge in [0, 0.05) is 6.42 Å². The first-order chi connectivity index (χ1) is 6.07. The number of rotatable bonds is 6. The molecule has 0 bridgehead atoms. The Morgan fingerprint density at radius 2 is 2.00 bits per heavy atom. The van der Waals surface area contributed by atoms with Gasteiger partial charge in [0.15, 0.2) is 0 Å². The summed E-state index contributed by atoms with van der Waals surface area (Å²) in [7, 11) is 0. The molecule has 0 aliphatic carbocycles. The average molecular weight is 182 g/mol. The van der Waals surface area contributed by atoms with Crippen molar-refractivity contribution in [3.05, 3.63) is 12.2 Å². The average Bonchev–Trinajstić information content (AvgIpc) is 2.03. The van der Waals surface area contributed by atoms with Crippen LogP contribution in [0.2, 0.25) is 0 Å². The van der Waals surface area contributed by atoms with E-state index in [0.29, 0.717) is 17.6 Å². The minimum absolute atomic E-state index is 0.301. The molecule has 1 heteroatoms. The van der Waals surface area contributed by atoms with Crippen LogP contribution in [-0.2, 0) is 4.79 Å². The number of carbonyl (C=O) groups is 1. The molecule has 0 aliphatic rings. The van der Waals surface area contributed by atoms with Gasteiger partial charge in [0.05, 0.1) is 0 Å². The maximum Gasteiger partial charge on any atom is 0.129 e. The summed E-state index contributed by atoms with van der Waals surface area (Å²) in [5.74, 6) is 1.52. The molecule has 0 N–H and O–H groups in total.